The summed E-state index contributed by atoms with van der Waals surface area (Å²) >= 11 is 0. The third kappa shape index (κ3) is 6.57. The molecule has 2 aromatic rings. The molecule has 2 aromatic carbocycles. The summed E-state index contributed by atoms with van der Waals surface area (Å²) in [5, 5.41) is 23.9. The molecule has 1 heterocycles. The van der Waals surface area contributed by atoms with Crippen LogP contribution < -0.4 is 5.32 Å². The summed E-state index contributed by atoms with van der Waals surface area (Å²) in [5.41, 5.74) is 0.883. The fourth-order valence-electron chi connectivity index (χ4n) is 3.66. The van der Waals surface area contributed by atoms with Gasteiger partial charge in [-0.2, -0.15) is 4.31 Å². The van der Waals surface area contributed by atoms with E-state index in [1.165, 1.54) is 28.6 Å². The molecule has 33 heavy (non-hydrogen) atoms. The fourth-order valence-corrected chi connectivity index (χ4v) is 5.13. The Morgan fingerprint density at radius 2 is 1.79 bits per heavy atom. The third-order valence-electron chi connectivity index (χ3n) is 5.61. The number of hydrogen-bond acceptors (Lipinski definition) is 7. The van der Waals surface area contributed by atoms with Crippen LogP contribution in [-0.4, -0.2) is 85.5 Å². The van der Waals surface area contributed by atoms with Gasteiger partial charge in [0.2, 0.25) is 16.6 Å². The number of aliphatic hydroxyl groups excluding tert-OH is 1. The molecule has 1 fully saturated rings. The van der Waals surface area contributed by atoms with Crippen LogP contribution in [0.5, 0.6) is 0 Å². The van der Waals surface area contributed by atoms with Crippen molar-refractivity contribution in [2.45, 2.75) is 23.5 Å². The molecule has 1 aliphatic heterocycles. The Morgan fingerprint density at radius 1 is 1.12 bits per heavy atom. The molecule has 10 nitrogen and oxygen atoms in total. The number of nitrogens with zero attached hydrogens (tertiary/aromatic N) is 3. The number of nitro groups is 1. The maximum absolute atomic E-state index is 13.0. The third-order valence-corrected chi connectivity index (χ3v) is 7.51. The van der Waals surface area contributed by atoms with Crippen molar-refractivity contribution in [1.82, 2.24) is 14.5 Å². The lowest BCUT2D eigenvalue weighted by Crippen LogP contribution is -2.48. The molecule has 1 aliphatic rings. The largest absolute Gasteiger partial charge is 0.384 e. The number of rotatable bonds is 9. The number of carbonyl (C=O) groups is 1. The second-order valence-corrected chi connectivity index (χ2v) is 10.0. The topological polar surface area (TPSA) is 133 Å². The van der Waals surface area contributed by atoms with Crippen LogP contribution in [0, 0.1) is 10.1 Å². The van der Waals surface area contributed by atoms with Crippen LogP contribution >= 0.6 is 0 Å². The number of nitrogens with one attached hydrogen (secondary N) is 1. The first-order valence-electron chi connectivity index (χ1n) is 10.6. The van der Waals surface area contributed by atoms with E-state index < -0.39 is 39.5 Å². The van der Waals surface area contributed by atoms with Gasteiger partial charge in [0.1, 0.15) is 6.10 Å². The summed E-state index contributed by atoms with van der Waals surface area (Å²) in [6, 6.07) is 13.7. The fraction of sp³-hybridized carbons (Fsp3) is 0.409. The molecule has 2 atom stereocenters. The molecule has 0 aromatic heterocycles. The van der Waals surface area contributed by atoms with Crippen LogP contribution in [0.1, 0.15) is 15.9 Å². The number of aliphatic hydroxyl groups is 1. The number of benzene rings is 2. The van der Waals surface area contributed by atoms with Crippen molar-refractivity contribution in [3.05, 3.63) is 75.8 Å². The van der Waals surface area contributed by atoms with E-state index in [4.69, 9.17) is 0 Å². The summed E-state index contributed by atoms with van der Waals surface area (Å²) in [5.74, 6) is -0.617. The van der Waals surface area contributed by atoms with Crippen molar-refractivity contribution >= 4 is 15.9 Å². The van der Waals surface area contributed by atoms with E-state index in [1.807, 2.05) is 18.0 Å². The van der Waals surface area contributed by atoms with Gasteiger partial charge in [-0.05, 0) is 37.2 Å². The summed E-state index contributed by atoms with van der Waals surface area (Å²) in [6.45, 7) is 1.24. The minimum atomic E-state index is -3.76. The first-order valence-corrected chi connectivity index (χ1v) is 12.0. The van der Waals surface area contributed by atoms with Crippen molar-refractivity contribution in [3.63, 3.8) is 0 Å². The average Bonchev–Trinajstić information content (AvgIpc) is 2.79. The van der Waals surface area contributed by atoms with Gasteiger partial charge in [-0.15, -0.1) is 0 Å². The zero-order valence-corrected chi connectivity index (χ0v) is 19.1. The standard InChI is InChI=1S/C22H28N4O6S/c1-24-10-12-25(13-11-24)33(31,32)19-9-5-8-18(15-19)22(28)23-20(21(27)16-26(29)30)14-17-6-3-2-4-7-17/h2-9,15,20-21,27H,10-14,16H2,1H3,(H,23,28)/t20-,21+/m0/s1. The molecule has 2 N–H and O–H groups in total. The second kappa shape index (κ2) is 10.8. The monoisotopic (exact) mass is 476 g/mol. The minimum Gasteiger partial charge on any atom is -0.384 e. The van der Waals surface area contributed by atoms with E-state index in [0.717, 1.165) is 5.56 Å². The summed E-state index contributed by atoms with van der Waals surface area (Å²) in [6.07, 6.45) is -1.23. The average molecular weight is 477 g/mol. The van der Waals surface area contributed by atoms with E-state index in [-0.39, 0.29) is 16.9 Å². The molecule has 0 bridgehead atoms. The van der Waals surface area contributed by atoms with E-state index in [0.29, 0.717) is 26.2 Å². The van der Waals surface area contributed by atoms with E-state index in [2.05, 4.69) is 5.32 Å². The number of piperazine rings is 1. The molecular formula is C22H28N4O6S. The molecule has 0 spiro atoms. The SMILES string of the molecule is CN1CCN(S(=O)(=O)c2cccc(C(=O)N[C@@H](Cc3ccccc3)[C@H](O)C[N+](=O)[O-])c2)CC1. The molecule has 0 saturated carbocycles. The first-order chi connectivity index (χ1) is 15.7. The summed E-state index contributed by atoms with van der Waals surface area (Å²) in [7, 11) is -1.84. The molecule has 3 rings (SSSR count). The first kappa shape index (κ1) is 24.8. The molecular weight excluding hydrogens is 448 g/mol. The Hall–Kier alpha value is -2.86. The van der Waals surface area contributed by atoms with Gasteiger partial charge in [0.25, 0.3) is 5.91 Å². The van der Waals surface area contributed by atoms with Gasteiger partial charge in [-0.25, -0.2) is 8.42 Å². The van der Waals surface area contributed by atoms with Gasteiger partial charge in [0.15, 0.2) is 0 Å². The molecule has 1 saturated heterocycles. The smallest absolute Gasteiger partial charge is 0.251 e. The van der Waals surface area contributed by atoms with Crippen molar-refractivity contribution in [1.29, 1.82) is 0 Å². The van der Waals surface area contributed by atoms with Crippen LogP contribution in [0.4, 0.5) is 0 Å². The Labute approximate surface area is 193 Å². The lowest BCUT2D eigenvalue weighted by Gasteiger charge is -2.31. The van der Waals surface area contributed by atoms with Crippen molar-refractivity contribution in [3.8, 4) is 0 Å². The number of hydrogen-bond donors (Lipinski definition) is 2. The predicted octanol–water partition coefficient (Wildman–Crippen LogP) is 0.601. The van der Waals surface area contributed by atoms with E-state index >= 15 is 0 Å². The van der Waals surface area contributed by atoms with Crippen LogP contribution in [0.2, 0.25) is 0 Å². The van der Waals surface area contributed by atoms with Gasteiger partial charge >= 0.3 is 0 Å². The highest BCUT2D eigenvalue weighted by Gasteiger charge is 2.29. The van der Waals surface area contributed by atoms with Gasteiger partial charge in [-0.1, -0.05) is 36.4 Å². The molecule has 11 heteroatoms. The summed E-state index contributed by atoms with van der Waals surface area (Å²) in [4.78, 5) is 25.2. The zero-order valence-electron chi connectivity index (χ0n) is 18.3. The van der Waals surface area contributed by atoms with Gasteiger partial charge in [0.05, 0.1) is 10.9 Å². The highest BCUT2D eigenvalue weighted by Crippen LogP contribution is 2.19. The van der Waals surface area contributed by atoms with Gasteiger partial charge < -0.3 is 15.3 Å². The molecule has 178 valence electrons. The number of sulfonamides is 1. The Morgan fingerprint density at radius 3 is 2.42 bits per heavy atom. The van der Waals surface area contributed by atoms with Gasteiger partial charge in [0, 0.05) is 36.7 Å². The molecule has 0 aliphatic carbocycles. The number of carbonyl (C=O) groups excluding carboxylic acids is 1. The second-order valence-electron chi connectivity index (χ2n) is 8.09. The van der Waals surface area contributed by atoms with Crippen LogP contribution in [0.25, 0.3) is 0 Å². The Kier molecular flexibility index (Phi) is 8.14. The van der Waals surface area contributed by atoms with Crippen molar-refractivity contribution < 1.29 is 23.2 Å². The highest BCUT2D eigenvalue weighted by molar-refractivity contribution is 7.89. The lowest BCUT2D eigenvalue weighted by atomic mass is 10.0. The predicted molar refractivity (Wildman–Crippen MR) is 122 cm³/mol. The zero-order chi connectivity index (χ0) is 24.0. The van der Waals surface area contributed by atoms with Crippen LogP contribution in [-0.2, 0) is 16.4 Å². The molecule has 1 amide bonds. The molecule has 0 radical (unpaired) electrons. The maximum Gasteiger partial charge on any atom is 0.251 e. The van der Waals surface area contributed by atoms with Crippen molar-refractivity contribution in [2.75, 3.05) is 39.8 Å². The highest BCUT2D eigenvalue weighted by atomic mass is 32.2. The number of likely N-dealkylation sites (N-methyl/N-ethyl adjacent to an activating group) is 1. The normalized spacial score (nSPS) is 17.3. The van der Waals surface area contributed by atoms with Crippen LogP contribution in [0.15, 0.2) is 59.5 Å². The lowest BCUT2D eigenvalue weighted by molar-refractivity contribution is -0.491. The van der Waals surface area contributed by atoms with E-state index in [1.54, 1.807) is 24.3 Å². The minimum absolute atomic E-state index is 0.00477. The van der Waals surface area contributed by atoms with Gasteiger partial charge in [-0.3, -0.25) is 14.9 Å². The van der Waals surface area contributed by atoms with Crippen LogP contribution in [0.3, 0.4) is 0 Å². The van der Waals surface area contributed by atoms with Crippen molar-refractivity contribution in [2.24, 2.45) is 0 Å². The maximum atomic E-state index is 13.0. The summed E-state index contributed by atoms with van der Waals surface area (Å²) < 4.78 is 27.4. The number of amides is 1. The Bertz CT molecular complexity index is 1070. The quantitative estimate of drug-likeness (QED) is 0.400. The van der Waals surface area contributed by atoms with E-state index in [9.17, 15) is 28.4 Å². The Balaban J connectivity index is 1.78. The molecule has 0 unspecified atom stereocenters.